The van der Waals surface area contributed by atoms with Gasteiger partial charge in [0.25, 0.3) is 5.56 Å². The Kier molecular flexibility index (Phi) is 8.54. The number of hydrogen-bond acceptors (Lipinski definition) is 5. The Morgan fingerprint density at radius 3 is 2.51 bits per heavy atom. The minimum absolute atomic E-state index is 0.111. The van der Waals surface area contributed by atoms with E-state index in [1.165, 1.54) is 17.8 Å². The summed E-state index contributed by atoms with van der Waals surface area (Å²) in [6, 6.07) is 13.5. The number of aryl methyl sites for hydroxylation is 2. The zero-order valence-electron chi connectivity index (χ0n) is 19.8. The van der Waals surface area contributed by atoms with Crippen LogP contribution in [0.3, 0.4) is 0 Å². The monoisotopic (exact) mass is 497 g/mol. The fourth-order valence-electron chi connectivity index (χ4n) is 3.75. The van der Waals surface area contributed by atoms with Gasteiger partial charge >= 0.3 is 12.0 Å². The number of amides is 2. The van der Waals surface area contributed by atoms with Crippen molar-refractivity contribution in [1.29, 1.82) is 0 Å². The molecule has 184 valence electrons. The van der Waals surface area contributed by atoms with Gasteiger partial charge in [0.2, 0.25) is 0 Å². The van der Waals surface area contributed by atoms with Crippen LogP contribution in [0.4, 0.5) is 10.5 Å². The van der Waals surface area contributed by atoms with Gasteiger partial charge in [-0.25, -0.2) is 4.79 Å². The summed E-state index contributed by atoms with van der Waals surface area (Å²) in [5, 5.41) is 16.1. The number of esters is 1. The van der Waals surface area contributed by atoms with E-state index in [2.05, 4.69) is 10.6 Å². The molecule has 1 aromatic heterocycles. The third-order valence-electron chi connectivity index (χ3n) is 5.40. The van der Waals surface area contributed by atoms with Crippen molar-refractivity contribution in [3.05, 3.63) is 92.4 Å². The van der Waals surface area contributed by atoms with E-state index in [1.807, 2.05) is 36.4 Å². The van der Waals surface area contributed by atoms with Gasteiger partial charge in [-0.15, -0.1) is 0 Å². The summed E-state index contributed by atoms with van der Waals surface area (Å²) in [6.07, 6.45) is 1.97. The molecule has 35 heavy (non-hydrogen) atoms. The van der Waals surface area contributed by atoms with Gasteiger partial charge < -0.3 is 25.0 Å². The molecular weight excluding hydrogens is 470 g/mol. The Hall–Kier alpha value is -3.78. The second-order valence-corrected chi connectivity index (χ2v) is 8.60. The first kappa shape index (κ1) is 25.8. The number of rotatable bonds is 8. The van der Waals surface area contributed by atoms with Crippen molar-refractivity contribution in [3.63, 3.8) is 0 Å². The standard InChI is InChI=1S/C26H28ClN3O5/c1-4-35-22(31)14-21(28-26(34)29-23-24(32)16(2)15-30(3)25(23)33)19-9-5-7-17(12-19)11-18-8-6-10-20(27)13-18/h5-10,12-13,15,21,32H,4,11,14H2,1-3H3,(H2,28,29,34). The second-order valence-electron chi connectivity index (χ2n) is 8.16. The highest BCUT2D eigenvalue weighted by molar-refractivity contribution is 6.30. The van der Waals surface area contributed by atoms with E-state index < -0.39 is 23.6 Å². The molecule has 9 heteroatoms. The van der Waals surface area contributed by atoms with Crippen LogP contribution in [0, 0.1) is 6.92 Å². The number of ether oxygens (including phenoxy) is 1. The number of urea groups is 1. The maximum Gasteiger partial charge on any atom is 0.319 e. The van der Waals surface area contributed by atoms with Gasteiger partial charge in [-0.3, -0.25) is 9.59 Å². The molecule has 0 aliphatic rings. The van der Waals surface area contributed by atoms with Crippen LogP contribution in [0.15, 0.2) is 59.5 Å². The van der Waals surface area contributed by atoms with Crippen molar-refractivity contribution in [2.45, 2.75) is 32.7 Å². The van der Waals surface area contributed by atoms with Crippen LogP contribution >= 0.6 is 11.6 Å². The largest absolute Gasteiger partial charge is 0.505 e. The van der Waals surface area contributed by atoms with Gasteiger partial charge in [-0.2, -0.15) is 0 Å². The molecule has 3 rings (SSSR count). The minimum Gasteiger partial charge on any atom is -0.505 e. The van der Waals surface area contributed by atoms with Gasteiger partial charge in [-0.05, 0) is 49.1 Å². The van der Waals surface area contributed by atoms with Gasteiger partial charge in [0.05, 0.1) is 19.1 Å². The molecule has 8 nitrogen and oxygen atoms in total. The number of carbonyl (C=O) groups is 2. The molecule has 0 spiro atoms. The molecule has 3 aromatic rings. The number of hydrogen-bond donors (Lipinski definition) is 3. The number of carbonyl (C=O) groups excluding carboxylic acids is 2. The molecule has 0 saturated carbocycles. The Morgan fingerprint density at radius 2 is 1.83 bits per heavy atom. The average molecular weight is 498 g/mol. The lowest BCUT2D eigenvalue weighted by Gasteiger charge is -2.20. The predicted octanol–water partition coefficient (Wildman–Crippen LogP) is 4.46. The van der Waals surface area contributed by atoms with Crippen LogP contribution < -0.4 is 16.2 Å². The van der Waals surface area contributed by atoms with E-state index in [0.29, 0.717) is 22.6 Å². The minimum atomic E-state index is -0.738. The first-order chi connectivity index (χ1) is 16.7. The maximum absolute atomic E-state index is 12.8. The summed E-state index contributed by atoms with van der Waals surface area (Å²) >= 11 is 6.10. The van der Waals surface area contributed by atoms with Crippen LogP contribution in [0.25, 0.3) is 0 Å². The smallest absolute Gasteiger partial charge is 0.319 e. The molecular formula is C26H28ClN3O5. The molecule has 0 aliphatic carbocycles. The molecule has 0 aliphatic heterocycles. The third-order valence-corrected chi connectivity index (χ3v) is 5.64. The normalized spacial score (nSPS) is 11.5. The van der Waals surface area contributed by atoms with Crippen LogP contribution in [-0.4, -0.2) is 28.3 Å². The number of pyridine rings is 1. The number of aromatic hydroxyl groups is 1. The summed E-state index contributed by atoms with van der Waals surface area (Å²) in [5.41, 5.74) is 2.30. The van der Waals surface area contributed by atoms with Crippen molar-refractivity contribution in [3.8, 4) is 5.75 Å². The topological polar surface area (TPSA) is 110 Å². The van der Waals surface area contributed by atoms with E-state index in [4.69, 9.17) is 16.3 Å². The predicted molar refractivity (Wildman–Crippen MR) is 135 cm³/mol. The number of halogens is 1. The quantitative estimate of drug-likeness (QED) is 0.398. The van der Waals surface area contributed by atoms with Crippen LogP contribution in [-0.2, 0) is 23.0 Å². The summed E-state index contributed by atoms with van der Waals surface area (Å²) in [4.78, 5) is 37.5. The van der Waals surface area contributed by atoms with Crippen molar-refractivity contribution >= 4 is 29.3 Å². The van der Waals surface area contributed by atoms with Crippen LogP contribution in [0.2, 0.25) is 5.02 Å². The van der Waals surface area contributed by atoms with Gasteiger partial charge in [0.1, 0.15) is 5.75 Å². The van der Waals surface area contributed by atoms with E-state index in [0.717, 1.165) is 11.1 Å². The van der Waals surface area contributed by atoms with Crippen molar-refractivity contribution < 1.29 is 19.4 Å². The zero-order chi connectivity index (χ0) is 25.5. The zero-order valence-corrected chi connectivity index (χ0v) is 20.6. The van der Waals surface area contributed by atoms with Crippen molar-refractivity contribution in [2.75, 3.05) is 11.9 Å². The molecule has 2 amide bonds. The SMILES string of the molecule is CCOC(=O)CC(NC(=O)Nc1c(O)c(C)cn(C)c1=O)c1cccc(Cc2cccc(Cl)c2)c1. The van der Waals surface area contributed by atoms with E-state index >= 15 is 0 Å². The highest BCUT2D eigenvalue weighted by Gasteiger charge is 2.22. The summed E-state index contributed by atoms with van der Waals surface area (Å²) in [5.74, 6) is -0.791. The summed E-state index contributed by atoms with van der Waals surface area (Å²) < 4.78 is 6.35. The molecule has 0 bridgehead atoms. The Bertz CT molecular complexity index is 1290. The van der Waals surface area contributed by atoms with Crippen LogP contribution in [0.5, 0.6) is 5.75 Å². The lowest BCUT2D eigenvalue weighted by Crippen LogP contribution is -2.36. The van der Waals surface area contributed by atoms with Gasteiger partial charge in [0.15, 0.2) is 5.69 Å². The Labute approximate surface area is 208 Å². The van der Waals surface area contributed by atoms with Crippen molar-refractivity contribution in [1.82, 2.24) is 9.88 Å². The number of anilines is 1. The highest BCUT2D eigenvalue weighted by atomic mass is 35.5. The molecule has 1 heterocycles. The molecule has 0 fully saturated rings. The number of aromatic nitrogens is 1. The lowest BCUT2D eigenvalue weighted by atomic mass is 9.98. The fourth-order valence-corrected chi connectivity index (χ4v) is 3.96. The summed E-state index contributed by atoms with van der Waals surface area (Å²) in [6.45, 7) is 3.53. The Balaban J connectivity index is 1.85. The average Bonchev–Trinajstić information content (AvgIpc) is 2.80. The number of nitrogens with one attached hydrogen (secondary N) is 2. The molecule has 3 N–H and O–H groups in total. The third kappa shape index (κ3) is 6.86. The fraction of sp³-hybridized carbons (Fsp3) is 0.269. The number of nitrogens with zero attached hydrogens (tertiary/aromatic N) is 1. The molecule has 2 aromatic carbocycles. The highest BCUT2D eigenvalue weighted by Crippen LogP contribution is 2.24. The van der Waals surface area contributed by atoms with E-state index in [9.17, 15) is 19.5 Å². The molecule has 0 radical (unpaired) electrons. The van der Waals surface area contributed by atoms with Crippen molar-refractivity contribution in [2.24, 2.45) is 7.05 Å². The molecule has 1 atom stereocenters. The van der Waals surface area contributed by atoms with Gasteiger partial charge in [0, 0.05) is 23.8 Å². The van der Waals surface area contributed by atoms with E-state index in [-0.39, 0.29) is 24.5 Å². The Morgan fingerprint density at radius 1 is 1.14 bits per heavy atom. The molecule has 1 unspecified atom stereocenters. The van der Waals surface area contributed by atoms with Crippen LogP contribution in [0.1, 0.15) is 41.6 Å². The van der Waals surface area contributed by atoms with Gasteiger partial charge in [-0.1, -0.05) is 48.0 Å². The molecule has 0 saturated heterocycles. The number of benzene rings is 2. The summed E-state index contributed by atoms with van der Waals surface area (Å²) in [7, 11) is 1.52. The van der Waals surface area contributed by atoms with E-state index in [1.54, 1.807) is 26.0 Å². The first-order valence-corrected chi connectivity index (χ1v) is 11.5. The first-order valence-electron chi connectivity index (χ1n) is 11.1. The lowest BCUT2D eigenvalue weighted by molar-refractivity contribution is -0.143. The maximum atomic E-state index is 12.8. The second kappa shape index (κ2) is 11.6.